The minimum atomic E-state index is -0.780. The van der Waals surface area contributed by atoms with E-state index in [1.54, 1.807) is 48.5 Å². The largest absolute Gasteiger partial charge is 0.436 e. The summed E-state index contributed by atoms with van der Waals surface area (Å²) in [4.78, 5) is 31.6. The van der Waals surface area contributed by atoms with E-state index in [4.69, 9.17) is 4.42 Å². The van der Waals surface area contributed by atoms with Crippen LogP contribution in [0.2, 0.25) is 0 Å². The molecule has 0 spiro atoms. The van der Waals surface area contributed by atoms with Crippen LogP contribution in [0, 0.1) is 22.7 Å². The van der Waals surface area contributed by atoms with Crippen molar-refractivity contribution in [2.24, 2.45) is 0 Å². The zero-order valence-corrected chi connectivity index (χ0v) is 19.5. The van der Waals surface area contributed by atoms with E-state index in [1.807, 2.05) is 42.5 Å². The first kappa shape index (κ1) is 22.9. The number of fused-ring (bicyclic) bond motifs is 1. The highest BCUT2D eigenvalue weighted by atomic mass is 32.2. The molecule has 1 N–H and O–H groups in total. The van der Waals surface area contributed by atoms with Gasteiger partial charge in [0.05, 0.1) is 10.9 Å². The summed E-state index contributed by atoms with van der Waals surface area (Å²) in [6, 6.07) is 27.0. The number of benzene rings is 3. The predicted molar refractivity (Wildman–Crippen MR) is 136 cm³/mol. The number of hydrogen-bond donors (Lipinski definition) is 1. The van der Waals surface area contributed by atoms with Crippen LogP contribution in [0.1, 0.15) is 6.42 Å². The van der Waals surface area contributed by atoms with Crippen molar-refractivity contribution in [1.82, 2.24) is 4.98 Å². The van der Waals surface area contributed by atoms with Crippen LogP contribution in [0.5, 0.6) is 0 Å². The van der Waals surface area contributed by atoms with Gasteiger partial charge in [0.2, 0.25) is 17.7 Å². The highest BCUT2D eigenvalue weighted by molar-refractivity contribution is 8.04. The van der Waals surface area contributed by atoms with Crippen LogP contribution in [-0.4, -0.2) is 22.0 Å². The van der Waals surface area contributed by atoms with Crippen molar-refractivity contribution in [3.8, 4) is 23.6 Å². The first-order chi connectivity index (χ1) is 17.6. The lowest BCUT2D eigenvalue weighted by atomic mass is 10.2. The summed E-state index contributed by atoms with van der Waals surface area (Å²) in [5, 5.41) is 21.3. The summed E-state index contributed by atoms with van der Waals surface area (Å²) in [5.41, 5.74) is 3.05. The number of allylic oxidation sites excluding steroid dienone is 1. The Morgan fingerprint density at radius 1 is 0.972 bits per heavy atom. The number of oxazole rings is 1. The van der Waals surface area contributed by atoms with E-state index in [0.717, 1.165) is 22.2 Å². The van der Waals surface area contributed by atoms with Crippen LogP contribution in [-0.2, 0) is 9.59 Å². The van der Waals surface area contributed by atoms with Crippen molar-refractivity contribution < 1.29 is 14.0 Å². The van der Waals surface area contributed by atoms with Gasteiger partial charge < -0.3 is 9.73 Å². The van der Waals surface area contributed by atoms with Gasteiger partial charge in [-0.3, -0.25) is 9.59 Å². The van der Waals surface area contributed by atoms with E-state index in [9.17, 15) is 20.1 Å². The van der Waals surface area contributed by atoms with Gasteiger partial charge in [0.15, 0.2) is 11.2 Å². The molecule has 0 radical (unpaired) electrons. The van der Waals surface area contributed by atoms with Crippen molar-refractivity contribution in [3.63, 3.8) is 0 Å². The number of rotatable bonds is 6. The molecule has 36 heavy (non-hydrogen) atoms. The number of nitriles is 2. The van der Waals surface area contributed by atoms with Crippen LogP contribution in [0.25, 0.3) is 22.6 Å². The molecule has 1 fully saturated rings. The number of carbonyl (C=O) groups is 2. The summed E-state index contributed by atoms with van der Waals surface area (Å²) in [5.74, 6) is -0.332. The molecular formula is C27H17N5O3S. The maximum atomic E-state index is 13.2. The van der Waals surface area contributed by atoms with Gasteiger partial charge in [-0.2, -0.15) is 10.5 Å². The number of hydrogen-bond acceptors (Lipinski definition) is 8. The number of aromatic nitrogens is 1. The summed E-state index contributed by atoms with van der Waals surface area (Å²) >= 11 is 1.00. The van der Waals surface area contributed by atoms with Gasteiger partial charge in [0.1, 0.15) is 22.7 Å². The number of imide groups is 1. The second kappa shape index (κ2) is 9.79. The number of nitrogens with one attached hydrogen (secondary N) is 1. The summed E-state index contributed by atoms with van der Waals surface area (Å²) in [7, 11) is 0. The number of thioether (sulfide) groups is 1. The smallest absolute Gasteiger partial charge is 0.247 e. The molecule has 1 aliphatic heterocycles. The summed E-state index contributed by atoms with van der Waals surface area (Å²) in [6.07, 6.45) is -0.0551. The van der Waals surface area contributed by atoms with Gasteiger partial charge in [-0.1, -0.05) is 42.1 Å². The van der Waals surface area contributed by atoms with Crippen molar-refractivity contribution in [2.75, 3.05) is 10.2 Å². The molecule has 0 saturated carbocycles. The predicted octanol–water partition coefficient (Wildman–Crippen LogP) is 5.23. The monoisotopic (exact) mass is 491 g/mol. The second-order valence-corrected chi connectivity index (χ2v) is 9.04. The van der Waals surface area contributed by atoms with E-state index in [2.05, 4.69) is 10.3 Å². The lowest BCUT2D eigenvalue weighted by Crippen LogP contribution is -2.31. The van der Waals surface area contributed by atoms with Gasteiger partial charge >= 0.3 is 0 Å². The zero-order valence-electron chi connectivity index (χ0n) is 18.7. The molecule has 2 amide bonds. The first-order valence-corrected chi connectivity index (χ1v) is 11.8. The first-order valence-electron chi connectivity index (χ1n) is 10.9. The van der Waals surface area contributed by atoms with E-state index in [-0.39, 0.29) is 22.9 Å². The molecule has 1 aliphatic rings. The van der Waals surface area contributed by atoms with Gasteiger partial charge in [-0.25, -0.2) is 9.88 Å². The molecule has 1 saturated heterocycles. The Morgan fingerprint density at radius 2 is 1.67 bits per heavy atom. The van der Waals surface area contributed by atoms with E-state index in [0.29, 0.717) is 28.4 Å². The maximum absolute atomic E-state index is 13.2. The van der Waals surface area contributed by atoms with Gasteiger partial charge in [0, 0.05) is 17.7 Å². The Kier molecular flexibility index (Phi) is 6.23. The Hall–Kier alpha value is -4.86. The summed E-state index contributed by atoms with van der Waals surface area (Å²) in [6.45, 7) is 0. The van der Waals surface area contributed by atoms with Crippen molar-refractivity contribution in [2.45, 2.75) is 11.7 Å². The van der Waals surface area contributed by atoms with Gasteiger partial charge in [0.25, 0.3) is 0 Å². The lowest BCUT2D eigenvalue weighted by Gasteiger charge is -2.16. The Balaban J connectivity index is 1.36. The number of nitrogens with zero attached hydrogens (tertiary/aromatic N) is 4. The fourth-order valence-corrected chi connectivity index (χ4v) is 4.89. The highest BCUT2D eigenvalue weighted by Gasteiger charge is 2.41. The number of carbonyl (C=O) groups excluding carboxylic acids is 2. The quantitative estimate of drug-likeness (QED) is 0.287. The van der Waals surface area contributed by atoms with E-state index >= 15 is 0 Å². The van der Waals surface area contributed by atoms with Crippen LogP contribution >= 0.6 is 11.8 Å². The SMILES string of the molecule is N#CC(C#N)=C(Nc1ccccc1)S[C@@H]1CC(=O)N(c2ccc(-c3nc4ccccc4o3)cc2)C1=O. The van der Waals surface area contributed by atoms with E-state index < -0.39 is 11.2 Å². The fraction of sp³-hybridized carbons (Fsp3) is 0.0741. The maximum Gasteiger partial charge on any atom is 0.247 e. The molecule has 2 heterocycles. The topological polar surface area (TPSA) is 123 Å². The Labute approximate surface area is 210 Å². The average molecular weight is 492 g/mol. The number of para-hydroxylation sites is 3. The third-order valence-electron chi connectivity index (χ3n) is 5.51. The average Bonchev–Trinajstić information content (AvgIpc) is 3.46. The molecule has 4 aromatic rings. The molecule has 8 nitrogen and oxygen atoms in total. The Bertz CT molecular complexity index is 1530. The molecule has 0 bridgehead atoms. The number of anilines is 2. The fourth-order valence-electron chi connectivity index (χ4n) is 3.79. The van der Waals surface area contributed by atoms with Crippen LogP contribution in [0.3, 0.4) is 0 Å². The minimum Gasteiger partial charge on any atom is -0.436 e. The van der Waals surface area contributed by atoms with Gasteiger partial charge in [-0.05, 0) is 48.5 Å². The molecule has 0 unspecified atom stereocenters. The second-order valence-electron chi connectivity index (χ2n) is 7.83. The van der Waals surface area contributed by atoms with Crippen LogP contribution in [0.4, 0.5) is 11.4 Å². The normalized spacial score (nSPS) is 14.9. The van der Waals surface area contributed by atoms with E-state index in [1.165, 1.54) is 0 Å². The lowest BCUT2D eigenvalue weighted by molar-refractivity contribution is -0.121. The van der Waals surface area contributed by atoms with Gasteiger partial charge in [-0.15, -0.1) is 0 Å². The third-order valence-corrected chi connectivity index (χ3v) is 6.71. The highest BCUT2D eigenvalue weighted by Crippen LogP contribution is 2.36. The molecule has 1 aromatic heterocycles. The van der Waals surface area contributed by atoms with Crippen molar-refractivity contribution in [1.29, 1.82) is 10.5 Å². The molecule has 0 aliphatic carbocycles. The minimum absolute atomic E-state index is 0.0551. The van der Waals surface area contributed by atoms with Crippen LogP contribution < -0.4 is 10.2 Å². The summed E-state index contributed by atoms with van der Waals surface area (Å²) < 4.78 is 5.79. The number of amides is 2. The molecule has 1 atom stereocenters. The zero-order chi connectivity index (χ0) is 25.1. The molecule has 9 heteroatoms. The standard InChI is InChI=1S/C27H17N5O3S/c28-15-18(16-29)26(30-19-6-2-1-3-7-19)36-23-14-24(33)32(27(23)34)20-12-10-17(11-13-20)25-31-21-8-4-5-9-22(21)35-25/h1-13,23,30H,14H2/t23-/m1/s1. The Morgan fingerprint density at radius 3 is 2.36 bits per heavy atom. The molecule has 5 rings (SSSR count). The third kappa shape index (κ3) is 4.43. The molecule has 3 aromatic carbocycles. The van der Waals surface area contributed by atoms with Crippen molar-refractivity contribution >= 4 is 46.1 Å². The van der Waals surface area contributed by atoms with Crippen LogP contribution in [0.15, 0.2) is 93.9 Å². The van der Waals surface area contributed by atoms with Crippen molar-refractivity contribution in [3.05, 3.63) is 89.5 Å². The molecular weight excluding hydrogens is 474 g/mol. The molecule has 174 valence electrons.